The summed E-state index contributed by atoms with van der Waals surface area (Å²) in [6, 6.07) is 12.0. The van der Waals surface area contributed by atoms with Crippen LogP contribution in [-0.4, -0.2) is 43.5 Å². The standard InChI is InChI=1S/C21H27N3O3/c1-14(15-5-6-17-11-19(27-2)8-7-16(17)10-15)23-21(26)18-4-3-9-24(12-18)13-20(22)25/h5-8,10-11,14,18H,3-4,9,12-13H2,1-2H3,(H2,22,25)(H,23,26). The third kappa shape index (κ3) is 4.77. The topological polar surface area (TPSA) is 84.7 Å². The average Bonchev–Trinajstić information content (AvgIpc) is 2.66. The third-order valence-corrected chi connectivity index (χ3v) is 5.19. The Morgan fingerprint density at radius 1 is 1.26 bits per heavy atom. The molecule has 2 unspecified atom stereocenters. The normalized spacial score (nSPS) is 18.8. The summed E-state index contributed by atoms with van der Waals surface area (Å²) in [4.78, 5) is 25.8. The van der Waals surface area contributed by atoms with Crippen molar-refractivity contribution in [2.45, 2.75) is 25.8 Å². The van der Waals surface area contributed by atoms with Gasteiger partial charge in [-0.25, -0.2) is 0 Å². The predicted molar refractivity (Wildman–Crippen MR) is 105 cm³/mol. The van der Waals surface area contributed by atoms with E-state index in [9.17, 15) is 9.59 Å². The van der Waals surface area contributed by atoms with Crippen molar-refractivity contribution in [3.63, 3.8) is 0 Å². The Bertz CT molecular complexity index is 837. The van der Waals surface area contributed by atoms with Crippen LogP contribution >= 0.6 is 0 Å². The number of piperidine rings is 1. The molecule has 1 aliphatic rings. The lowest BCUT2D eigenvalue weighted by Gasteiger charge is -2.31. The maximum atomic E-state index is 12.7. The van der Waals surface area contributed by atoms with Crippen LogP contribution in [0.4, 0.5) is 0 Å². The zero-order valence-electron chi connectivity index (χ0n) is 15.9. The fourth-order valence-corrected chi connectivity index (χ4v) is 3.69. The molecular weight excluding hydrogens is 342 g/mol. The van der Waals surface area contributed by atoms with E-state index >= 15 is 0 Å². The van der Waals surface area contributed by atoms with Gasteiger partial charge in [0, 0.05) is 6.54 Å². The van der Waals surface area contributed by atoms with Crippen molar-refractivity contribution >= 4 is 22.6 Å². The molecule has 27 heavy (non-hydrogen) atoms. The number of nitrogens with zero attached hydrogens (tertiary/aromatic N) is 1. The molecule has 0 saturated carbocycles. The summed E-state index contributed by atoms with van der Waals surface area (Å²) in [7, 11) is 1.66. The van der Waals surface area contributed by atoms with Crippen LogP contribution < -0.4 is 15.8 Å². The van der Waals surface area contributed by atoms with Crippen molar-refractivity contribution in [1.82, 2.24) is 10.2 Å². The first-order chi connectivity index (χ1) is 13.0. The number of carbonyl (C=O) groups is 2. The second-order valence-corrected chi connectivity index (χ2v) is 7.24. The fourth-order valence-electron chi connectivity index (χ4n) is 3.69. The molecule has 2 atom stereocenters. The van der Waals surface area contributed by atoms with Crippen LogP contribution in [0.15, 0.2) is 36.4 Å². The summed E-state index contributed by atoms with van der Waals surface area (Å²) in [5.41, 5.74) is 6.34. The zero-order valence-corrected chi connectivity index (χ0v) is 15.9. The largest absolute Gasteiger partial charge is 0.497 e. The van der Waals surface area contributed by atoms with Gasteiger partial charge in [0.25, 0.3) is 0 Å². The first-order valence-corrected chi connectivity index (χ1v) is 9.35. The molecule has 0 radical (unpaired) electrons. The van der Waals surface area contributed by atoms with Gasteiger partial charge in [-0.2, -0.15) is 0 Å². The van der Waals surface area contributed by atoms with Gasteiger partial charge in [-0.1, -0.05) is 18.2 Å². The molecule has 1 heterocycles. The summed E-state index contributed by atoms with van der Waals surface area (Å²) < 4.78 is 5.26. The molecule has 3 N–H and O–H groups in total. The fraction of sp³-hybridized carbons (Fsp3) is 0.429. The van der Waals surface area contributed by atoms with Gasteiger partial charge in [0.05, 0.1) is 25.6 Å². The van der Waals surface area contributed by atoms with Crippen molar-refractivity contribution in [3.05, 3.63) is 42.0 Å². The highest BCUT2D eigenvalue weighted by Gasteiger charge is 2.27. The van der Waals surface area contributed by atoms with Crippen molar-refractivity contribution in [3.8, 4) is 5.75 Å². The number of nitrogens with one attached hydrogen (secondary N) is 1. The molecule has 2 amide bonds. The van der Waals surface area contributed by atoms with Gasteiger partial charge in [-0.05, 0) is 60.8 Å². The molecular formula is C21H27N3O3. The highest BCUT2D eigenvalue weighted by molar-refractivity contribution is 5.85. The minimum atomic E-state index is -0.350. The average molecular weight is 369 g/mol. The van der Waals surface area contributed by atoms with E-state index < -0.39 is 0 Å². The van der Waals surface area contributed by atoms with Gasteiger partial charge in [0.2, 0.25) is 11.8 Å². The Balaban J connectivity index is 1.65. The second kappa shape index (κ2) is 8.39. The van der Waals surface area contributed by atoms with Gasteiger partial charge < -0.3 is 15.8 Å². The number of methoxy groups -OCH3 is 1. The highest BCUT2D eigenvalue weighted by Crippen LogP contribution is 2.25. The quantitative estimate of drug-likeness (QED) is 0.818. The van der Waals surface area contributed by atoms with Crippen molar-refractivity contribution < 1.29 is 14.3 Å². The molecule has 0 aromatic heterocycles. The van der Waals surface area contributed by atoms with Crippen LogP contribution in [0.3, 0.4) is 0 Å². The molecule has 6 nitrogen and oxygen atoms in total. The SMILES string of the molecule is COc1ccc2cc(C(C)NC(=O)C3CCCN(CC(N)=O)C3)ccc2c1. The van der Waals surface area contributed by atoms with E-state index in [2.05, 4.69) is 11.4 Å². The summed E-state index contributed by atoms with van der Waals surface area (Å²) in [5, 5.41) is 5.33. The molecule has 1 saturated heterocycles. The summed E-state index contributed by atoms with van der Waals surface area (Å²) >= 11 is 0. The Hall–Kier alpha value is -2.60. The van der Waals surface area contributed by atoms with E-state index in [0.717, 1.165) is 41.5 Å². The number of primary amides is 1. The minimum absolute atomic E-state index is 0.0338. The predicted octanol–water partition coefficient (Wildman–Crippen LogP) is 2.22. The number of benzene rings is 2. The lowest BCUT2D eigenvalue weighted by molar-refractivity contribution is -0.128. The van der Waals surface area contributed by atoms with Crippen LogP contribution in [0.5, 0.6) is 5.75 Å². The monoisotopic (exact) mass is 369 g/mol. The Kier molecular flexibility index (Phi) is 5.96. The Labute approximate surface area is 159 Å². The van der Waals surface area contributed by atoms with Crippen molar-refractivity contribution in [2.24, 2.45) is 11.7 Å². The van der Waals surface area contributed by atoms with Crippen LogP contribution in [-0.2, 0) is 9.59 Å². The number of nitrogens with two attached hydrogens (primary N) is 1. The van der Waals surface area contributed by atoms with Gasteiger partial charge >= 0.3 is 0 Å². The first kappa shape index (κ1) is 19.2. The van der Waals surface area contributed by atoms with Gasteiger partial charge in [-0.3, -0.25) is 14.5 Å². The van der Waals surface area contributed by atoms with Gasteiger partial charge in [0.1, 0.15) is 5.75 Å². The Morgan fingerprint density at radius 3 is 2.74 bits per heavy atom. The van der Waals surface area contributed by atoms with Gasteiger partial charge in [0.15, 0.2) is 0 Å². The molecule has 1 aliphatic heterocycles. The number of likely N-dealkylation sites (tertiary alicyclic amines) is 1. The maximum absolute atomic E-state index is 12.7. The van der Waals surface area contributed by atoms with E-state index in [-0.39, 0.29) is 30.3 Å². The Morgan fingerprint density at radius 2 is 2.00 bits per heavy atom. The molecule has 144 valence electrons. The van der Waals surface area contributed by atoms with Crippen LogP contribution in [0.2, 0.25) is 0 Å². The number of amides is 2. The molecule has 6 heteroatoms. The molecule has 1 fully saturated rings. The molecule has 2 aromatic rings. The minimum Gasteiger partial charge on any atom is -0.497 e. The summed E-state index contributed by atoms with van der Waals surface area (Å²) in [6.07, 6.45) is 1.74. The van der Waals surface area contributed by atoms with E-state index in [4.69, 9.17) is 10.5 Å². The first-order valence-electron chi connectivity index (χ1n) is 9.35. The number of rotatable bonds is 6. The highest BCUT2D eigenvalue weighted by atomic mass is 16.5. The van der Waals surface area contributed by atoms with Crippen LogP contribution in [0, 0.1) is 5.92 Å². The summed E-state index contributed by atoms with van der Waals surface area (Å²) in [6.45, 7) is 3.61. The number of carbonyl (C=O) groups excluding carboxylic acids is 2. The second-order valence-electron chi connectivity index (χ2n) is 7.24. The number of hydrogen-bond acceptors (Lipinski definition) is 4. The van der Waals surface area contributed by atoms with Crippen LogP contribution in [0.25, 0.3) is 10.8 Å². The van der Waals surface area contributed by atoms with E-state index in [0.29, 0.717) is 6.54 Å². The van der Waals surface area contributed by atoms with E-state index in [1.54, 1.807) is 7.11 Å². The van der Waals surface area contributed by atoms with Crippen molar-refractivity contribution in [1.29, 1.82) is 0 Å². The van der Waals surface area contributed by atoms with Gasteiger partial charge in [-0.15, -0.1) is 0 Å². The maximum Gasteiger partial charge on any atom is 0.231 e. The van der Waals surface area contributed by atoms with Crippen LogP contribution in [0.1, 0.15) is 31.4 Å². The molecule has 2 aromatic carbocycles. The number of ether oxygens (including phenoxy) is 1. The van der Waals surface area contributed by atoms with E-state index in [1.807, 2.05) is 42.2 Å². The van der Waals surface area contributed by atoms with E-state index in [1.165, 1.54) is 0 Å². The third-order valence-electron chi connectivity index (χ3n) is 5.19. The molecule has 3 rings (SSSR count). The smallest absolute Gasteiger partial charge is 0.231 e. The summed E-state index contributed by atoms with van der Waals surface area (Å²) in [5.74, 6) is 0.406. The molecule has 0 spiro atoms. The number of hydrogen-bond donors (Lipinski definition) is 2. The zero-order chi connectivity index (χ0) is 19.4. The molecule has 0 bridgehead atoms. The lowest BCUT2D eigenvalue weighted by atomic mass is 9.96. The number of fused-ring (bicyclic) bond motifs is 1. The molecule has 0 aliphatic carbocycles. The van der Waals surface area contributed by atoms with Crippen molar-refractivity contribution in [2.75, 3.05) is 26.7 Å². The lowest BCUT2D eigenvalue weighted by Crippen LogP contribution is -2.46.